The summed E-state index contributed by atoms with van der Waals surface area (Å²) in [5.74, 6) is 0.130. The van der Waals surface area contributed by atoms with Gasteiger partial charge in [-0.25, -0.2) is 4.99 Å². The molecular formula is C22H21N5O. The fourth-order valence-electron chi connectivity index (χ4n) is 4.85. The van der Waals surface area contributed by atoms with E-state index in [0.717, 1.165) is 23.5 Å². The third-order valence-corrected chi connectivity index (χ3v) is 6.19. The summed E-state index contributed by atoms with van der Waals surface area (Å²) < 4.78 is 0. The third-order valence-electron chi connectivity index (χ3n) is 6.19. The van der Waals surface area contributed by atoms with Crippen molar-refractivity contribution in [3.8, 4) is 0 Å². The number of nitrogens with zero attached hydrogens (tertiary/aromatic N) is 4. The van der Waals surface area contributed by atoms with Gasteiger partial charge in [0.15, 0.2) is 0 Å². The Hall–Kier alpha value is -2.96. The fraction of sp³-hybridized carbons (Fsp3) is 0.273. The summed E-state index contributed by atoms with van der Waals surface area (Å²) >= 11 is 0. The van der Waals surface area contributed by atoms with Crippen molar-refractivity contribution in [2.75, 3.05) is 13.7 Å². The molecule has 28 heavy (non-hydrogen) atoms. The van der Waals surface area contributed by atoms with E-state index in [4.69, 9.17) is 4.99 Å². The molecular weight excluding hydrogens is 350 g/mol. The van der Waals surface area contributed by atoms with Crippen LogP contribution in [0, 0.1) is 0 Å². The first-order valence-electron chi connectivity index (χ1n) is 9.68. The van der Waals surface area contributed by atoms with Gasteiger partial charge in [0.25, 0.3) is 0 Å². The Bertz CT molecular complexity index is 1030. The lowest BCUT2D eigenvalue weighted by Crippen LogP contribution is -2.66. The number of benzene rings is 2. The summed E-state index contributed by atoms with van der Waals surface area (Å²) in [5.41, 5.74) is 5.69. The van der Waals surface area contributed by atoms with Crippen LogP contribution in [0.25, 0.3) is 6.08 Å². The SMILES string of the molecule is CN1C(=O)C2C(NCN2Cc2ccccc2)N2C3=Cc4ccccc4C3=NC12. The minimum Gasteiger partial charge on any atom is -0.313 e. The van der Waals surface area contributed by atoms with Crippen molar-refractivity contribution in [1.82, 2.24) is 20.0 Å². The number of likely N-dealkylation sites (N-methyl/N-ethyl adjacent to an activating group) is 1. The molecule has 0 bridgehead atoms. The molecule has 140 valence electrons. The Labute approximate surface area is 163 Å². The monoisotopic (exact) mass is 371 g/mol. The molecule has 6 nitrogen and oxygen atoms in total. The number of rotatable bonds is 2. The van der Waals surface area contributed by atoms with Gasteiger partial charge in [-0.15, -0.1) is 0 Å². The molecule has 1 amide bonds. The molecule has 1 N–H and O–H groups in total. The predicted molar refractivity (Wildman–Crippen MR) is 107 cm³/mol. The molecule has 0 radical (unpaired) electrons. The van der Waals surface area contributed by atoms with Gasteiger partial charge in [-0.05, 0) is 17.2 Å². The van der Waals surface area contributed by atoms with Gasteiger partial charge in [-0.2, -0.15) is 0 Å². The average Bonchev–Trinajstić information content (AvgIpc) is 3.39. The first kappa shape index (κ1) is 16.0. The highest BCUT2D eigenvalue weighted by Gasteiger charge is 2.55. The normalized spacial score (nSPS) is 27.9. The molecule has 1 aliphatic carbocycles. The highest BCUT2D eigenvalue weighted by Crippen LogP contribution is 2.40. The second-order valence-electron chi connectivity index (χ2n) is 7.78. The molecule has 0 saturated carbocycles. The number of aliphatic imine (C=N–C) groups is 1. The largest absolute Gasteiger partial charge is 0.313 e. The van der Waals surface area contributed by atoms with Crippen LogP contribution in [0.15, 0.2) is 65.3 Å². The molecule has 6 rings (SSSR count). The Morgan fingerprint density at radius 2 is 1.89 bits per heavy atom. The van der Waals surface area contributed by atoms with Crippen molar-refractivity contribution >= 4 is 17.7 Å². The molecule has 6 heteroatoms. The number of amides is 1. The number of hydrogen-bond acceptors (Lipinski definition) is 5. The molecule has 0 aromatic heterocycles. The maximum Gasteiger partial charge on any atom is 0.246 e. The van der Waals surface area contributed by atoms with Crippen molar-refractivity contribution in [2.45, 2.75) is 25.0 Å². The van der Waals surface area contributed by atoms with Crippen LogP contribution in [0.2, 0.25) is 0 Å². The zero-order valence-corrected chi connectivity index (χ0v) is 15.6. The van der Waals surface area contributed by atoms with Crippen molar-refractivity contribution in [3.05, 3.63) is 77.0 Å². The van der Waals surface area contributed by atoms with E-state index in [-0.39, 0.29) is 24.4 Å². The molecule has 3 aliphatic heterocycles. The van der Waals surface area contributed by atoms with E-state index in [2.05, 4.69) is 51.5 Å². The van der Waals surface area contributed by atoms with Gasteiger partial charge in [0.1, 0.15) is 12.2 Å². The van der Waals surface area contributed by atoms with Gasteiger partial charge < -0.3 is 9.80 Å². The van der Waals surface area contributed by atoms with E-state index in [9.17, 15) is 4.79 Å². The van der Waals surface area contributed by atoms with Crippen LogP contribution >= 0.6 is 0 Å². The zero-order valence-electron chi connectivity index (χ0n) is 15.6. The van der Waals surface area contributed by atoms with Crippen LogP contribution in [-0.4, -0.2) is 58.5 Å². The maximum atomic E-state index is 13.2. The summed E-state index contributed by atoms with van der Waals surface area (Å²) in [5, 5.41) is 3.58. The highest BCUT2D eigenvalue weighted by molar-refractivity contribution is 6.21. The molecule has 2 fully saturated rings. The number of carbonyl (C=O) groups excluding carboxylic acids is 1. The second-order valence-corrected chi connectivity index (χ2v) is 7.78. The molecule has 2 saturated heterocycles. The Balaban J connectivity index is 1.36. The van der Waals surface area contributed by atoms with Gasteiger partial charge in [-0.3, -0.25) is 15.0 Å². The van der Waals surface area contributed by atoms with Gasteiger partial charge in [0.2, 0.25) is 12.2 Å². The molecule has 2 aromatic rings. The van der Waals surface area contributed by atoms with E-state index in [1.54, 1.807) is 4.90 Å². The average molecular weight is 371 g/mol. The lowest BCUT2D eigenvalue weighted by atomic mass is 10.1. The third kappa shape index (κ3) is 2.10. The standard InChI is InChI=1S/C22H21N5O/c1-25-21(28)19-20(23-13-26(19)12-14-7-3-2-4-8-14)27-17-11-15-9-5-6-10-16(15)18(17)24-22(25)27/h2-11,19-20,22-23H,12-13H2,1H3. The second kappa shape index (κ2) is 5.77. The van der Waals surface area contributed by atoms with Crippen molar-refractivity contribution < 1.29 is 4.79 Å². The van der Waals surface area contributed by atoms with E-state index in [1.807, 2.05) is 31.3 Å². The van der Waals surface area contributed by atoms with Crippen LogP contribution in [-0.2, 0) is 11.3 Å². The fourth-order valence-corrected chi connectivity index (χ4v) is 4.85. The lowest BCUT2D eigenvalue weighted by Gasteiger charge is -2.45. The van der Waals surface area contributed by atoms with Crippen LogP contribution in [0.3, 0.4) is 0 Å². The minimum atomic E-state index is -0.271. The first-order chi connectivity index (χ1) is 13.7. The molecule has 3 heterocycles. The van der Waals surface area contributed by atoms with Crippen LogP contribution in [0.5, 0.6) is 0 Å². The number of allylic oxidation sites excluding steroid dienone is 1. The summed E-state index contributed by atoms with van der Waals surface area (Å²) in [4.78, 5) is 24.5. The molecule has 2 aromatic carbocycles. The molecule has 3 unspecified atom stereocenters. The van der Waals surface area contributed by atoms with Crippen LogP contribution in [0.4, 0.5) is 0 Å². The predicted octanol–water partition coefficient (Wildman–Crippen LogP) is 1.66. The number of carbonyl (C=O) groups is 1. The number of fused-ring (bicyclic) bond motifs is 7. The van der Waals surface area contributed by atoms with Crippen molar-refractivity contribution in [1.29, 1.82) is 0 Å². The first-order valence-corrected chi connectivity index (χ1v) is 9.68. The summed E-state index contributed by atoms with van der Waals surface area (Å²) in [6.45, 7) is 1.43. The van der Waals surface area contributed by atoms with Gasteiger partial charge >= 0.3 is 0 Å². The Kier molecular flexibility index (Phi) is 3.30. The van der Waals surface area contributed by atoms with Crippen molar-refractivity contribution in [3.63, 3.8) is 0 Å². The van der Waals surface area contributed by atoms with E-state index >= 15 is 0 Å². The molecule has 3 atom stereocenters. The topological polar surface area (TPSA) is 51.2 Å². The Morgan fingerprint density at radius 1 is 1.11 bits per heavy atom. The van der Waals surface area contributed by atoms with E-state index < -0.39 is 0 Å². The quantitative estimate of drug-likeness (QED) is 0.872. The smallest absolute Gasteiger partial charge is 0.246 e. The molecule has 0 spiro atoms. The maximum absolute atomic E-state index is 13.2. The highest BCUT2D eigenvalue weighted by atomic mass is 16.2. The zero-order chi connectivity index (χ0) is 18.8. The number of nitrogens with one attached hydrogen (secondary N) is 1. The van der Waals surface area contributed by atoms with Gasteiger partial charge in [0.05, 0.1) is 18.1 Å². The molecule has 4 aliphatic rings. The van der Waals surface area contributed by atoms with Gasteiger partial charge in [-0.1, -0.05) is 54.6 Å². The summed E-state index contributed by atoms with van der Waals surface area (Å²) in [6, 6.07) is 18.4. The van der Waals surface area contributed by atoms with Crippen LogP contribution < -0.4 is 5.32 Å². The van der Waals surface area contributed by atoms with E-state index in [0.29, 0.717) is 6.67 Å². The Morgan fingerprint density at radius 3 is 2.75 bits per heavy atom. The lowest BCUT2D eigenvalue weighted by molar-refractivity contribution is -0.149. The van der Waals surface area contributed by atoms with Crippen LogP contribution in [0.1, 0.15) is 16.7 Å². The summed E-state index contributed by atoms with van der Waals surface area (Å²) in [7, 11) is 1.87. The minimum absolute atomic E-state index is 0.0702. The van der Waals surface area contributed by atoms with Crippen molar-refractivity contribution in [2.24, 2.45) is 4.99 Å². The van der Waals surface area contributed by atoms with Gasteiger partial charge in [0, 0.05) is 19.2 Å². The summed E-state index contributed by atoms with van der Waals surface area (Å²) in [6.07, 6.45) is 1.86. The number of hydrogen-bond donors (Lipinski definition) is 1. The van der Waals surface area contributed by atoms with E-state index in [1.165, 1.54) is 11.1 Å².